The summed E-state index contributed by atoms with van der Waals surface area (Å²) in [5, 5.41) is 7.23. The average molecular weight is 327 g/mol. The van der Waals surface area contributed by atoms with Crippen molar-refractivity contribution in [2.75, 3.05) is 14.2 Å². The number of para-hydroxylation sites is 1. The van der Waals surface area contributed by atoms with Crippen LogP contribution in [0.1, 0.15) is 11.4 Å². The Labute approximate surface area is 139 Å². The lowest BCUT2D eigenvalue weighted by Crippen LogP contribution is -2.03. The van der Waals surface area contributed by atoms with Gasteiger partial charge in [0.05, 0.1) is 14.2 Å². The fourth-order valence-corrected chi connectivity index (χ4v) is 2.72. The predicted molar refractivity (Wildman–Crippen MR) is 91.1 cm³/mol. The second-order valence-corrected chi connectivity index (χ2v) is 5.37. The zero-order valence-electron chi connectivity index (χ0n) is 12.9. The van der Waals surface area contributed by atoms with Crippen LogP contribution in [-0.4, -0.2) is 29.0 Å². The van der Waals surface area contributed by atoms with Gasteiger partial charge in [-0.15, -0.1) is 0 Å². The van der Waals surface area contributed by atoms with E-state index in [-0.39, 0.29) is 0 Å². The fraction of sp³-hybridized carbons (Fsp3) is 0.176. The number of ether oxygens (including phenoxy) is 2. The van der Waals surface area contributed by atoms with Gasteiger partial charge in [-0.1, -0.05) is 24.3 Å². The highest BCUT2D eigenvalue weighted by Gasteiger charge is 2.11. The van der Waals surface area contributed by atoms with Crippen molar-refractivity contribution in [1.29, 1.82) is 0 Å². The summed E-state index contributed by atoms with van der Waals surface area (Å²) in [6.45, 7) is 0. The van der Waals surface area contributed by atoms with Crippen molar-refractivity contribution >= 4 is 12.2 Å². The lowest BCUT2D eigenvalue weighted by atomic mass is 10.1. The van der Waals surface area contributed by atoms with E-state index in [4.69, 9.17) is 21.7 Å². The average Bonchev–Trinajstić information content (AvgIpc) is 2.96. The van der Waals surface area contributed by atoms with Gasteiger partial charge < -0.3 is 9.47 Å². The van der Waals surface area contributed by atoms with Crippen LogP contribution < -0.4 is 9.47 Å². The molecule has 0 spiro atoms. The summed E-state index contributed by atoms with van der Waals surface area (Å²) in [7, 11) is 3.25. The molecule has 0 aliphatic heterocycles. The van der Waals surface area contributed by atoms with Crippen LogP contribution >= 0.6 is 12.2 Å². The van der Waals surface area contributed by atoms with Gasteiger partial charge in [-0.25, -0.2) is 0 Å². The first kappa shape index (κ1) is 15.3. The van der Waals surface area contributed by atoms with Crippen LogP contribution in [0, 0.1) is 4.77 Å². The lowest BCUT2D eigenvalue weighted by molar-refractivity contribution is 0.354. The zero-order valence-corrected chi connectivity index (χ0v) is 13.8. The molecule has 23 heavy (non-hydrogen) atoms. The van der Waals surface area contributed by atoms with E-state index in [2.05, 4.69) is 10.2 Å². The van der Waals surface area contributed by atoms with E-state index in [0.717, 1.165) is 17.1 Å². The summed E-state index contributed by atoms with van der Waals surface area (Å²) >= 11 is 5.36. The second kappa shape index (κ2) is 6.66. The molecule has 0 amide bonds. The number of nitrogens with one attached hydrogen (secondary N) is 1. The molecular formula is C17H17N3O2S. The van der Waals surface area contributed by atoms with Crippen molar-refractivity contribution in [3.63, 3.8) is 0 Å². The quantitative estimate of drug-likeness (QED) is 0.728. The fourth-order valence-electron chi connectivity index (χ4n) is 2.46. The number of nitrogens with zero attached hydrogens (tertiary/aromatic N) is 2. The number of hydrogen-bond donors (Lipinski definition) is 1. The van der Waals surface area contributed by atoms with Gasteiger partial charge in [0, 0.05) is 12.1 Å². The molecule has 0 radical (unpaired) electrons. The van der Waals surface area contributed by atoms with Crippen LogP contribution in [-0.2, 0) is 6.42 Å². The Bertz CT molecular complexity index is 856. The van der Waals surface area contributed by atoms with E-state index in [1.807, 2.05) is 53.1 Å². The molecule has 0 atom stereocenters. The van der Waals surface area contributed by atoms with Gasteiger partial charge in [-0.05, 0) is 42.0 Å². The molecule has 1 N–H and O–H groups in total. The van der Waals surface area contributed by atoms with Crippen LogP contribution in [0.3, 0.4) is 0 Å². The molecule has 6 heteroatoms. The van der Waals surface area contributed by atoms with Crippen molar-refractivity contribution in [1.82, 2.24) is 14.8 Å². The molecule has 5 nitrogen and oxygen atoms in total. The van der Waals surface area contributed by atoms with E-state index in [1.165, 1.54) is 0 Å². The number of aromatic amines is 1. The van der Waals surface area contributed by atoms with Crippen LogP contribution in [0.5, 0.6) is 11.5 Å². The molecule has 0 unspecified atom stereocenters. The normalized spacial score (nSPS) is 10.5. The first-order valence-corrected chi connectivity index (χ1v) is 7.56. The van der Waals surface area contributed by atoms with Gasteiger partial charge in [0.1, 0.15) is 5.82 Å². The maximum atomic E-state index is 5.36. The summed E-state index contributed by atoms with van der Waals surface area (Å²) in [4.78, 5) is 0. The Morgan fingerprint density at radius 2 is 1.78 bits per heavy atom. The molecule has 0 saturated carbocycles. The lowest BCUT2D eigenvalue weighted by Gasteiger charge is -2.10. The van der Waals surface area contributed by atoms with E-state index >= 15 is 0 Å². The number of aromatic nitrogens is 3. The molecule has 0 saturated heterocycles. The summed E-state index contributed by atoms with van der Waals surface area (Å²) in [6.07, 6.45) is 0.627. The first-order chi connectivity index (χ1) is 11.2. The molecule has 1 heterocycles. The smallest absolute Gasteiger partial charge is 0.199 e. The molecule has 0 fully saturated rings. The number of methoxy groups -OCH3 is 2. The highest BCUT2D eigenvalue weighted by atomic mass is 32.1. The Hall–Kier alpha value is -2.60. The van der Waals surface area contributed by atoms with E-state index in [1.54, 1.807) is 14.2 Å². The molecule has 3 aromatic rings. The molecule has 0 aliphatic carbocycles. The molecule has 0 bridgehead atoms. The number of H-pyrrole nitrogens is 1. The van der Waals surface area contributed by atoms with Crippen LogP contribution in [0.15, 0.2) is 48.5 Å². The molecule has 118 valence electrons. The molecule has 2 aromatic carbocycles. The molecular weight excluding hydrogens is 310 g/mol. The van der Waals surface area contributed by atoms with Crippen molar-refractivity contribution in [3.05, 3.63) is 64.7 Å². The summed E-state index contributed by atoms with van der Waals surface area (Å²) in [5.41, 5.74) is 2.05. The Morgan fingerprint density at radius 1 is 1.04 bits per heavy atom. The highest BCUT2D eigenvalue weighted by Crippen LogP contribution is 2.28. The maximum Gasteiger partial charge on any atom is 0.199 e. The summed E-state index contributed by atoms with van der Waals surface area (Å²) < 4.78 is 13.1. The van der Waals surface area contributed by atoms with Gasteiger partial charge >= 0.3 is 0 Å². The number of hydrogen-bond acceptors (Lipinski definition) is 4. The minimum atomic E-state index is 0.576. The number of benzene rings is 2. The number of rotatable bonds is 5. The van der Waals surface area contributed by atoms with Gasteiger partial charge in [-0.3, -0.25) is 9.67 Å². The Kier molecular flexibility index (Phi) is 4.43. The monoisotopic (exact) mass is 327 g/mol. The Morgan fingerprint density at radius 3 is 2.48 bits per heavy atom. The summed E-state index contributed by atoms with van der Waals surface area (Å²) in [5.74, 6) is 2.25. The van der Waals surface area contributed by atoms with E-state index < -0.39 is 0 Å². The van der Waals surface area contributed by atoms with Gasteiger partial charge in [0.25, 0.3) is 0 Å². The van der Waals surface area contributed by atoms with Gasteiger partial charge in [0.2, 0.25) is 0 Å². The van der Waals surface area contributed by atoms with Crippen LogP contribution in [0.2, 0.25) is 0 Å². The standard InChI is InChI=1S/C17H17N3O2S/c1-21-14-9-8-12(10-15(14)22-2)11-16-18-19-17(23)20(16)13-6-4-3-5-7-13/h3-10H,11H2,1-2H3,(H,19,23). The topological polar surface area (TPSA) is 52.1 Å². The van der Waals surface area contributed by atoms with Crippen LogP contribution in [0.25, 0.3) is 5.69 Å². The third-order valence-corrected chi connectivity index (χ3v) is 3.84. The Balaban J connectivity index is 1.97. The van der Waals surface area contributed by atoms with Crippen molar-refractivity contribution < 1.29 is 9.47 Å². The SMILES string of the molecule is COc1ccc(Cc2n[nH]c(=S)n2-c2ccccc2)cc1OC. The van der Waals surface area contributed by atoms with Gasteiger partial charge in [-0.2, -0.15) is 5.10 Å². The van der Waals surface area contributed by atoms with E-state index in [0.29, 0.717) is 22.7 Å². The third kappa shape index (κ3) is 3.12. The van der Waals surface area contributed by atoms with E-state index in [9.17, 15) is 0 Å². The minimum Gasteiger partial charge on any atom is -0.493 e. The molecule has 3 rings (SSSR count). The minimum absolute atomic E-state index is 0.576. The highest BCUT2D eigenvalue weighted by molar-refractivity contribution is 7.71. The summed E-state index contributed by atoms with van der Waals surface area (Å²) in [6, 6.07) is 15.8. The largest absolute Gasteiger partial charge is 0.493 e. The third-order valence-electron chi connectivity index (χ3n) is 3.57. The predicted octanol–water partition coefficient (Wildman–Crippen LogP) is 3.54. The molecule has 1 aromatic heterocycles. The second-order valence-electron chi connectivity index (χ2n) is 4.98. The molecule has 0 aliphatic rings. The maximum absolute atomic E-state index is 5.36. The first-order valence-electron chi connectivity index (χ1n) is 7.15. The van der Waals surface area contributed by atoms with Crippen molar-refractivity contribution in [3.8, 4) is 17.2 Å². The van der Waals surface area contributed by atoms with Crippen molar-refractivity contribution in [2.45, 2.75) is 6.42 Å². The van der Waals surface area contributed by atoms with Crippen LogP contribution in [0.4, 0.5) is 0 Å². The van der Waals surface area contributed by atoms with Crippen molar-refractivity contribution in [2.24, 2.45) is 0 Å². The van der Waals surface area contributed by atoms with Gasteiger partial charge in [0.15, 0.2) is 16.3 Å². The zero-order chi connectivity index (χ0) is 16.2.